The van der Waals surface area contributed by atoms with Gasteiger partial charge in [-0.25, -0.2) is 4.79 Å². The predicted molar refractivity (Wildman–Crippen MR) is 149 cm³/mol. The number of likely N-dealkylation sites (tertiary alicyclic amines) is 1. The van der Waals surface area contributed by atoms with E-state index in [0.717, 1.165) is 57.8 Å². The summed E-state index contributed by atoms with van der Waals surface area (Å²) in [4.78, 5) is 67.0. The number of amides is 4. The number of fused-ring (bicyclic) bond motifs is 1. The zero-order valence-corrected chi connectivity index (χ0v) is 24.8. The Morgan fingerprint density at radius 1 is 0.950 bits per heavy atom. The van der Waals surface area contributed by atoms with E-state index in [0.29, 0.717) is 13.0 Å². The Hall–Kier alpha value is -2.65. The van der Waals surface area contributed by atoms with E-state index in [1.54, 1.807) is 25.7 Å². The summed E-state index contributed by atoms with van der Waals surface area (Å²) < 4.78 is 5.49. The van der Waals surface area contributed by atoms with Crippen LogP contribution in [-0.4, -0.2) is 64.8 Å². The van der Waals surface area contributed by atoms with Gasteiger partial charge in [0, 0.05) is 6.54 Å². The maximum Gasteiger partial charge on any atom is 0.408 e. The second kappa shape index (κ2) is 11.7. The molecule has 0 aromatic carbocycles. The topological polar surface area (TPSA) is 148 Å². The van der Waals surface area contributed by atoms with Crippen LogP contribution in [0.1, 0.15) is 98.8 Å². The highest BCUT2D eigenvalue weighted by molar-refractivity contribution is 6.37. The van der Waals surface area contributed by atoms with E-state index in [1.807, 2.05) is 0 Å². The van der Waals surface area contributed by atoms with Crippen molar-refractivity contribution in [3.8, 4) is 0 Å². The van der Waals surface area contributed by atoms with Crippen LogP contribution in [0.15, 0.2) is 0 Å². The molecule has 10 heteroatoms. The lowest BCUT2D eigenvalue weighted by Crippen LogP contribution is -2.60. The summed E-state index contributed by atoms with van der Waals surface area (Å²) in [6.45, 7) is 9.91. The van der Waals surface area contributed by atoms with Gasteiger partial charge in [-0.15, -0.1) is 0 Å². The molecule has 224 valence electrons. The summed E-state index contributed by atoms with van der Waals surface area (Å²) >= 11 is 0. The molecule has 4 rings (SSSR count). The maximum atomic E-state index is 14.2. The molecule has 4 aliphatic rings. The fraction of sp³-hybridized carbons (Fsp3) is 0.833. The normalized spacial score (nSPS) is 27.8. The van der Waals surface area contributed by atoms with Crippen LogP contribution >= 0.6 is 0 Å². The van der Waals surface area contributed by atoms with Gasteiger partial charge in [-0.05, 0) is 69.1 Å². The molecule has 4 fully saturated rings. The van der Waals surface area contributed by atoms with Gasteiger partial charge in [-0.1, -0.05) is 58.8 Å². The van der Waals surface area contributed by atoms with Gasteiger partial charge in [0.05, 0.1) is 6.04 Å². The molecule has 10 nitrogen and oxygen atoms in total. The van der Waals surface area contributed by atoms with Crippen LogP contribution in [-0.2, 0) is 23.9 Å². The fourth-order valence-electron chi connectivity index (χ4n) is 7.51. The molecule has 1 heterocycles. The van der Waals surface area contributed by atoms with Crippen molar-refractivity contribution in [2.75, 3.05) is 6.54 Å². The van der Waals surface area contributed by atoms with E-state index in [-0.39, 0.29) is 35.0 Å². The van der Waals surface area contributed by atoms with Gasteiger partial charge < -0.3 is 26.0 Å². The SMILES string of the molecule is CC(C)(C)OC(=O)N[C@H](C(=O)N1CC2C([C@H]1C(=O)NC(CC1CCCC1)C(=O)C(N)=O)C2(C)C)C1CCCCC1. The zero-order valence-electron chi connectivity index (χ0n) is 24.8. The predicted octanol–water partition coefficient (Wildman–Crippen LogP) is 3.06. The van der Waals surface area contributed by atoms with Gasteiger partial charge in [-0.2, -0.15) is 0 Å². The number of hydrogen-bond acceptors (Lipinski definition) is 6. The Kier molecular flexibility index (Phi) is 8.85. The molecular weight excluding hydrogens is 512 g/mol. The second-order valence-electron chi connectivity index (χ2n) is 14.1. The number of primary amides is 1. The van der Waals surface area contributed by atoms with Crippen LogP contribution < -0.4 is 16.4 Å². The van der Waals surface area contributed by atoms with Gasteiger partial charge in [0.2, 0.25) is 17.6 Å². The number of alkyl carbamates (subject to hydrolysis) is 1. The summed E-state index contributed by atoms with van der Waals surface area (Å²) in [6, 6.07) is -2.58. The van der Waals surface area contributed by atoms with Crippen LogP contribution in [0.3, 0.4) is 0 Å². The molecule has 40 heavy (non-hydrogen) atoms. The van der Waals surface area contributed by atoms with Crippen LogP contribution in [0.4, 0.5) is 4.79 Å². The van der Waals surface area contributed by atoms with Crippen molar-refractivity contribution < 1.29 is 28.7 Å². The smallest absolute Gasteiger partial charge is 0.408 e. The average molecular weight is 561 g/mol. The van der Waals surface area contributed by atoms with Crippen molar-refractivity contribution in [3.05, 3.63) is 0 Å². The first-order chi connectivity index (χ1) is 18.7. The third-order valence-corrected chi connectivity index (χ3v) is 9.74. The summed E-state index contributed by atoms with van der Waals surface area (Å²) in [5, 5.41) is 5.69. The molecule has 5 atom stereocenters. The number of ketones is 1. The van der Waals surface area contributed by atoms with Crippen LogP contribution in [0.5, 0.6) is 0 Å². The second-order valence-corrected chi connectivity index (χ2v) is 14.1. The molecule has 3 aliphatic carbocycles. The highest BCUT2D eigenvalue weighted by Crippen LogP contribution is 2.65. The van der Waals surface area contributed by atoms with Crippen molar-refractivity contribution in [1.29, 1.82) is 0 Å². The van der Waals surface area contributed by atoms with E-state index < -0.39 is 47.4 Å². The first kappa shape index (κ1) is 30.3. The van der Waals surface area contributed by atoms with Crippen molar-refractivity contribution in [2.45, 2.75) is 123 Å². The average Bonchev–Trinajstić information content (AvgIpc) is 3.31. The highest BCUT2D eigenvalue weighted by atomic mass is 16.6. The minimum Gasteiger partial charge on any atom is -0.444 e. The molecule has 1 saturated heterocycles. The standard InChI is InChI=1S/C30H48N4O6/c1-29(2,3)40-28(39)33-22(18-13-7-6-8-14-18)27(38)34-16-19-21(30(19,4)5)23(34)26(37)32-20(24(35)25(31)36)15-17-11-9-10-12-17/h17-23H,6-16H2,1-5H3,(H2,31,36)(H,32,37)(H,33,39)/t19?,20?,21?,22-,23-/m0/s1. The number of carbonyl (C=O) groups excluding carboxylic acids is 5. The Morgan fingerprint density at radius 2 is 1.55 bits per heavy atom. The number of nitrogens with two attached hydrogens (primary N) is 1. The van der Waals surface area contributed by atoms with Crippen molar-refractivity contribution in [3.63, 3.8) is 0 Å². The molecule has 0 bridgehead atoms. The van der Waals surface area contributed by atoms with E-state index in [1.165, 1.54) is 0 Å². The van der Waals surface area contributed by atoms with Crippen molar-refractivity contribution in [2.24, 2.45) is 34.8 Å². The molecule has 3 unspecified atom stereocenters. The summed E-state index contributed by atoms with van der Waals surface area (Å²) in [6.07, 6.45) is 8.41. The number of hydrogen-bond donors (Lipinski definition) is 3. The Balaban J connectivity index is 1.56. The molecule has 4 N–H and O–H groups in total. The number of nitrogens with zero attached hydrogens (tertiary/aromatic N) is 1. The third kappa shape index (κ3) is 6.62. The lowest BCUT2D eigenvalue weighted by atomic mass is 9.83. The van der Waals surface area contributed by atoms with Gasteiger partial charge in [0.15, 0.2) is 0 Å². The van der Waals surface area contributed by atoms with E-state index in [2.05, 4.69) is 24.5 Å². The fourth-order valence-corrected chi connectivity index (χ4v) is 7.51. The minimum atomic E-state index is -1.06. The summed E-state index contributed by atoms with van der Waals surface area (Å²) in [5.74, 6) is -2.30. The lowest BCUT2D eigenvalue weighted by Gasteiger charge is -2.37. The number of nitrogens with one attached hydrogen (secondary N) is 2. The number of rotatable bonds is 9. The third-order valence-electron chi connectivity index (χ3n) is 9.74. The highest BCUT2D eigenvalue weighted by Gasteiger charge is 2.69. The van der Waals surface area contributed by atoms with Crippen molar-refractivity contribution >= 4 is 29.6 Å². The first-order valence-electron chi connectivity index (χ1n) is 15.1. The van der Waals surface area contributed by atoms with E-state index in [9.17, 15) is 24.0 Å². The van der Waals surface area contributed by atoms with Crippen LogP contribution in [0, 0.1) is 29.1 Å². The zero-order chi connectivity index (χ0) is 29.4. The van der Waals surface area contributed by atoms with E-state index >= 15 is 0 Å². The first-order valence-corrected chi connectivity index (χ1v) is 15.1. The lowest BCUT2D eigenvalue weighted by molar-refractivity contribution is -0.144. The molecular formula is C30H48N4O6. The van der Waals surface area contributed by atoms with Crippen molar-refractivity contribution in [1.82, 2.24) is 15.5 Å². The number of carbonyl (C=O) groups is 5. The largest absolute Gasteiger partial charge is 0.444 e. The van der Waals surface area contributed by atoms with Gasteiger partial charge >= 0.3 is 6.09 Å². The molecule has 4 amide bonds. The number of Topliss-reactive ketones (excluding diaryl/α,β-unsaturated/α-hetero) is 1. The number of ether oxygens (including phenoxy) is 1. The molecule has 3 saturated carbocycles. The summed E-state index contributed by atoms with van der Waals surface area (Å²) in [7, 11) is 0. The Bertz CT molecular complexity index is 1010. The van der Waals surface area contributed by atoms with Gasteiger partial charge in [-0.3, -0.25) is 19.2 Å². The number of piperidine rings is 1. The molecule has 0 radical (unpaired) electrons. The molecule has 0 aromatic rings. The Morgan fingerprint density at radius 3 is 2.12 bits per heavy atom. The Labute approximate surface area is 237 Å². The van der Waals surface area contributed by atoms with Crippen LogP contribution in [0.2, 0.25) is 0 Å². The minimum absolute atomic E-state index is 0.0472. The van der Waals surface area contributed by atoms with Gasteiger partial charge in [0.25, 0.3) is 5.91 Å². The van der Waals surface area contributed by atoms with E-state index in [4.69, 9.17) is 10.5 Å². The molecule has 0 spiro atoms. The monoisotopic (exact) mass is 560 g/mol. The van der Waals surface area contributed by atoms with Crippen LogP contribution in [0.25, 0.3) is 0 Å². The maximum absolute atomic E-state index is 14.2. The molecule has 0 aromatic heterocycles. The summed E-state index contributed by atoms with van der Waals surface area (Å²) in [5.41, 5.74) is 4.50. The quantitative estimate of drug-likeness (QED) is 0.369. The molecule has 1 aliphatic heterocycles. The van der Waals surface area contributed by atoms with Gasteiger partial charge in [0.1, 0.15) is 17.7 Å².